The first kappa shape index (κ1) is 13.1. The van der Waals surface area contributed by atoms with Gasteiger partial charge in [0.15, 0.2) is 5.82 Å². The molecule has 2 aromatic rings. The molecular weight excluding hydrogens is 260 g/mol. The van der Waals surface area contributed by atoms with E-state index in [9.17, 15) is 4.79 Å². The molecule has 0 bridgehead atoms. The minimum absolute atomic E-state index is 0.118. The standard InChI is InChI=1S/C13H12N4OS/c14-12(19)11(9-5-2-1-3-6-9)13(18)16-10-7-4-8-15-17-10/h1-8,11H,(H2,14,19)(H,16,17,18). The highest BCUT2D eigenvalue weighted by Gasteiger charge is 2.23. The Kier molecular flexibility index (Phi) is 4.15. The summed E-state index contributed by atoms with van der Waals surface area (Å²) in [6.07, 6.45) is 1.53. The van der Waals surface area contributed by atoms with E-state index in [0.717, 1.165) is 5.56 Å². The number of thiocarbonyl (C=S) groups is 1. The minimum atomic E-state index is -0.682. The number of nitrogens with one attached hydrogen (secondary N) is 1. The van der Waals surface area contributed by atoms with Crippen molar-refractivity contribution in [3.8, 4) is 0 Å². The van der Waals surface area contributed by atoms with Gasteiger partial charge in [-0.25, -0.2) is 0 Å². The molecule has 1 heterocycles. The topological polar surface area (TPSA) is 80.9 Å². The first-order chi connectivity index (χ1) is 9.18. The number of amides is 1. The molecule has 1 aromatic heterocycles. The number of hydrogen-bond donors (Lipinski definition) is 2. The smallest absolute Gasteiger partial charge is 0.239 e. The van der Waals surface area contributed by atoms with E-state index in [4.69, 9.17) is 18.0 Å². The lowest BCUT2D eigenvalue weighted by atomic mass is 9.98. The molecule has 0 radical (unpaired) electrons. The molecule has 0 saturated heterocycles. The molecule has 0 aliphatic heterocycles. The summed E-state index contributed by atoms with van der Waals surface area (Å²) in [6.45, 7) is 0. The van der Waals surface area contributed by atoms with Crippen molar-refractivity contribution in [3.05, 3.63) is 54.2 Å². The normalized spacial score (nSPS) is 11.6. The van der Waals surface area contributed by atoms with E-state index in [1.807, 2.05) is 18.2 Å². The molecule has 0 aliphatic carbocycles. The fraction of sp³-hybridized carbons (Fsp3) is 0.0769. The average Bonchev–Trinajstić information content (AvgIpc) is 2.40. The van der Waals surface area contributed by atoms with Crippen LogP contribution in [0, 0.1) is 0 Å². The number of rotatable bonds is 4. The van der Waals surface area contributed by atoms with E-state index in [1.165, 1.54) is 6.20 Å². The summed E-state index contributed by atoms with van der Waals surface area (Å²) in [6, 6.07) is 12.5. The summed E-state index contributed by atoms with van der Waals surface area (Å²) in [5, 5.41) is 10.1. The van der Waals surface area contributed by atoms with Crippen LogP contribution < -0.4 is 11.1 Å². The molecule has 0 spiro atoms. The Morgan fingerprint density at radius 1 is 1.21 bits per heavy atom. The van der Waals surface area contributed by atoms with E-state index in [-0.39, 0.29) is 10.9 Å². The first-order valence-corrected chi connectivity index (χ1v) is 6.02. The maximum atomic E-state index is 12.2. The van der Waals surface area contributed by atoms with Crippen LogP contribution in [-0.2, 0) is 4.79 Å². The zero-order chi connectivity index (χ0) is 13.7. The summed E-state index contributed by atoms with van der Waals surface area (Å²) in [7, 11) is 0. The predicted octanol–water partition coefficient (Wildman–Crippen LogP) is 1.49. The number of aromatic nitrogens is 2. The molecule has 6 heteroatoms. The van der Waals surface area contributed by atoms with Gasteiger partial charge in [0.25, 0.3) is 0 Å². The lowest BCUT2D eigenvalue weighted by Gasteiger charge is -2.15. The Hall–Kier alpha value is -2.34. The maximum absolute atomic E-state index is 12.2. The summed E-state index contributed by atoms with van der Waals surface area (Å²) < 4.78 is 0. The molecule has 1 amide bonds. The van der Waals surface area contributed by atoms with Crippen LogP contribution in [0.25, 0.3) is 0 Å². The van der Waals surface area contributed by atoms with Gasteiger partial charge in [-0.3, -0.25) is 4.79 Å². The number of hydrogen-bond acceptors (Lipinski definition) is 4. The third kappa shape index (κ3) is 3.32. The molecular formula is C13H12N4OS. The Balaban J connectivity index is 2.21. The monoisotopic (exact) mass is 272 g/mol. The molecule has 3 N–H and O–H groups in total. The second kappa shape index (κ2) is 6.01. The van der Waals surface area contributed by atoms with Crippen LogP contribution >= 0.6 is 12.2 Å². The molecule has 96 valence electrons. The number of anilines is 1. The van der Waals surface area contributed by atoms with Crippen LogP contribution in [0.15, 0.2) is 48.7 Å². The molecule has 1 unspecified atom stereocenters. The van der Waals surface area contributed by atoms with E-state index in [0.29, 0.717) is 5.82 Å². The van der Waals surface area contributed by atoms with Crippen LogP contribution in [0.1, 0.15) is 11.5 Å². The van der Waals surface area contributed by atoms with Gasteiger partial charge in [0.2, 0.25) is 5.91 Å². The number of carbonyl (C=O) groups excluding carboxylic acids is 1. The van der Waals surface area contributed by atoms with Gasteiger partial charge in [-0.2, -0.15) is 5.10 Å². The van der Waals surface area contributed by atoms with Crippen LogP contribution in [0.2, 0.25) is 0 Å². The quantitative estimate of drug-likeness (QED) is 0.824. The average molecular weight is 272 g/mol. The molecule has 19 heavy (non-hydrogen) atoms. The summed E-state index contributed by atoms with van der Waals surface area (Å²) in [5.74, 6) is -0.637. The zero-order valence-corrected chi connectivity index (χ0v) is 10.8. The Morgan fingerprint density at radius 3 is 2.53 bits per heavy atom. The van der Waals surface area contributed by atoms with Gasteiger partial charge in [0.1, 0.15) is 5.92 Å². The highest BCUT2D eigenvalue weighted by atomic mass is 32.1. The Bertz CT molecular complexity index is 574. The van der Waals surface area contributed by atoms with Crippen molar-refractivity contribution < 1.29 is 4.79 Å². The molecule has 1 atom stereocenters. The van der Waals surface area contributed by atoms with E-state index >= 15 is 0 Å². The number of benzene rings is 1. The van der Waals surface area contributed by atoms with E-state index < -0.39 is 5.92 Å². The lowest BCUT2D eigenvalue weighted by molar-refractivity contribution is -0.116. The largest absolute Gasteiger partial charge is 0.392 e. The van der Waals surface area contributed by atoms with Crippen LogP contribution in [0.5, 0.6) is 0 Å². The molecule has 1 aromatic carbocycles. The zero-order valence-electron chi connectivity index (χ0n) is 9.98. The van der Waals surface area contributed by atoms with Gasteiger partial charge in [0.05, 0.1) is 4.99 Å². The highest BCUT2D eigenvalue weighted by Crippen LogP contribution is 2.17. The maximum Gasteiger partial charge on any atom is 0.239 e. The number of nitrogens with zero attached hydrogens (tertiary/aromatic N) is 2. The number of carbonyl (C=O) groups is 1. The van der Waals surface area contributed by atoms with Gasteiger partial charge in [-0.05, 0) is 17.7 Å². The summed E-state index contributed by atoms with van der Waals surface area (Å²) in [5.41, 5.74) is 6.40. The SMILES string of the molecule is NC(=S)C(C(=O)Nc1cccnn1)c1ccccc1. The van der Waals surface area contributed by atoms with E-state index in [1.54, 1.807) is 24.3 Å². The van der Waals surface area contributed by atoms with Crippen LogP contribution in [0.3, 0.4) is 0 Å². The van der Waals surface area contributed by atoms with Crippen molar-refractivity contribution in [2.24, 2.45) is 5.73 Å². The van der Waals surface area contributed by atoms with Crippen molar-refractivity contribution in [1.29, 1.82) is 0 Å². The summed E-state index contributed by atoms with van der Waals surface area (Å²) in [4.78, 5) is 12.3. The summed E-state index contributed by atoms with van der Waals surface area (Å²) >= 11 is 4.97. The van der Waals surface area contributed by atoms with Crippen LogP contribution in [-0.4, -0.2) is 21.1 Å². The van der Waals surface area contributed by atoms with Gasteiger partial charge < -0.3 is 11.1 Å². The third-order valence-corrected chi connectivity index (χ3v) is 2.74. The van der Waals surface area contributed by atoms with Crippen molar-refractivity contribution in [2.45, 2.75) is 5.92 Å². The molecule has 0 fully saturated rings. The highest BCUT2D eigenvalue weighted by molar-refractivity contribution is 7.80. The fourth-order valence-electron chi connectivity index (χ4n) is 1.66. The molecule has 2 rings (SSSR count). The minimum Gasteiger partial charge on any atom is -0.392 e. The Morgan fingerprint density at radius 2 is 1.95 bits per heavy atom. The van der Waals surface area contributed by atoms with Crippen molar-refractivity contribution in [2.75, 3.05) is 5.32 Å². The lowest BCUT2D eigenvalue weighted by Crippen LogP contribution is -2.31. The molecule has 0 aliphatic rings. The Labute approximate surface area is 115 Å². The van der Waals surface area contributed by atoms with Crippen molar-refractivity contribution in [1.82, 2.24) is 10.2 Å². The number of nitrogens with two attached hydrogens (primary N) is 1. The van der Waals surface area contributed by atoms with Crippen LogP contribution in [0.4, 0.5) is 5.82 Å². The van der Waals surface area contributed by atoms with Crippen molar-refractivity contribution in [3.63, 3.8) is 0 Å². The first-order valence-electron chi connectivity index (χ1n) is 5.61. The van der Waals surface area contributed by atoms with E-state index in [2.05, 4.69) is 15.5 Å². The van der Waals surface area contributed by atoms with Crippen molar-refractivity contribution >= 4 is 28.9 Å². The van der Waals surface area contributed by atoms with Gasteiger partial charge >= 0.3 is 0 Å². The second-order valence-electron chi connectivity index (χ2n) is 3.84. The fourth-order valence-corrected chi connectivity index (χ4v) is 1.90. The van der Waals surface area contributed by atoms with Gasteiger partial charge in [-0.1, -0.05) is 42.5 Å². The molecule has 5 nitrogen and oxygen atoms in total. The van der Waals surface area contributed by atoms with Gasteiger partial charge in [-0.15, -0.1) is 5.10 Å². The van der Waals surface area contributed by atoms with Gasteiger partial charge in [0, 0.05) is 6.20 Å². The molecule has 0 saturated carbocycles. The third-order valence-electron chi connectivity index (χ3n) is 2.50. The second-order valence-corrected chi connectivity index (χ2v) is 4.32. The predicted molar refractivity (Wildman–Crippen MR) is 76.6 cm³/mol.